The molecule has 0 aliphatic carbocycles. The maximum atomic E-state index is 12.2. The number of quaternary nitrogens is 1. The summed E-state index contributed by atoms with van der Waals surface area (Å²) in [7, 11) is 0. The first-order valence-corrected chi connectivity index (χ1v) is 10.1. The molecule has 1 saturated heterocycles. The Bertz CT molecular complexity index is 742. The molecular formula is C18H22Cl2N3OS+. The predicted octanol–water partition coefficient (Wildman–Crippen LogP) is 3.29. The Hall–Kier alpha value is -1.14. The van der Waals surface area contributed by atoms with E-state index >= 15 is 0 Å². The molecule has 1 amide bonds. The maximum Gasteiger partial charge on any atom is 0.281 e. The Morgan fingerprint density at radius 1 is 1.36 bits per heavy atom. The topological polar surface area (TPSA) is 46.4 Å². The third-order valence-electron chi connectivity index (χ3n) is 4.59. The number of halogens is 2. The minimum absolute atomic E-state index is 0.0336. The number of carbonyl (C=O) groups is 1. The Labute approximate surface area is 162 Å². The number of rotatable bonds is 5. The quantitative estimate of drug-likeness (QED) is 0.811. The zero-order valence-electron chi connectivity index (χ0n) is 14.1. The van der Waals surface area contributed by atoms with Gasteiger partial charge in [0.1, 0.15) is 0 Å². The van der Waals surface area contributed by atoms with Gasteiger partial charge < -0.3 is 4.90 Å². The van der Waals surface area contributed by atoms with Crippen molar-refractivity contribution < 1.29 is 9.69 Å². The van der Waals surface area contributed by atoms with Crippen molar-refractivity contribution in [3.8, 4) is 0 Å². The van der Waals surface area contributed by atoms with Gasteiger partial charge in [0.05, 0.1) is 23.1 Å². The fourth-order valence-electron chi connectivity index (χ4n) is 3.06. The van der Waals surface area contributed by atoms with Crippen molar-refractivity contribution in [3.05, 3.63) is 44.9 Å². The van der Waals surface area contributed by atoms with Crippen LogP contribution in [0.4, 0.5) is 5.13 Å². The molecule has 0 saturated carbocycles. The van der Waals surface area contributed by atoms with Gasteiger partial charge in [-0.3, -0.25) is 10.1 Å². The SMILES string of the molecule is CC1CC[NH+](CC(=O)Nc2ncc(Cc3cccc(Cl)c3Cl)s2)CC1. The molecule has 2 N–H and O–H groups in total. The van der Waals surface area contributed by atoms with Gasteiger partial charge in [-0.2, -0.15) is 0 Å². The van der Waals surface area contributed by atoms with E-state index in [-0.39, 0.29) is 5.91 Å². The number of anilines is 1. The molecule has 25 heavy (non-hydrogen) atoms. The first-order chi connectivity index (χ1) is 12.0. The summed E-state index contributed by atoms with van der Waals surface area (Å²) in [6.07, 6.45) is 4.84. The summed E-state index contributed by atoms with van der Waals surface area (Å²) in [5, 5.41) is 4.69. The molecule has 0 unspecified atom stereocenters. The molecule has 1 aromatic heterocycles. The average Bonchev–Trinajstić information content (AvgIpc) is 3.01. The van der Waals surface area contributed by atoms with Crippen LogP contribution in [0.5, 0.6) is 0 Å². The third kappa shape index (κ3) is 5.17. The number of piperidine rings is 1. The van der Waals surface area contributed by atoms with E-state index in [0.29, 0.717) is 28.1 Å². The number of nitrogens with one attached hydrogen (secondary N) is 2. The van der Waals surface area contributed by atoms with Gasteiger partial charge in [0.2, 0.25) is 0 Å². The highest BCUT2D eigenvalue weighted by molar-refractivity contribution is 7.15. The van der Waals surface area contributed by atoms with Crippen LogP contribution in [0.25, 0.3) is 0 Å². The van der Waals surface area contributed by atoms with Gasteiger partial charge in [-0.15, -0.1) is 11.3 Å². The Morgan fingerprint density at radius 3 is 2.88 bits per heavy atom. The Kier molecular flexibility index (Phi) is 6.34. The molecule has 2 heterocycles. The molecule has 3 rings (SSSR count). The van der Waals surface area contributed by atoms with E-state index in [1.807, 2.05) is 12.1 Å². The lowest BCUT2D eigenvalue weighted by Crippen LogP contribution is -3.14. The average molecular weight is 399 g/mol. The zero-order valence-corrected chi connectivity index (χ0v) is 16.5. The monoisotopic (exact) mass is 398 g/mol. The number of aromatic nitrogens is 1. The summed E-state index contributed by atoms with van der Waals surface area (Å²) in [6.45, 7) is 4.94. The molecule has 1 aliphatic heterocycles. The van der Waals surface area contributed by atoms with Gasteiger partial charge in [-0.1, -0.05) is 42.3 Å². The smallest absolute Gasteiger partial charge is 0.281 e. The lowest BCUT2D eigenvalue weighted by Gasteiger charge is -2.26. The number of carbonyl (C=O) groups excluding carboxylic acids is 1. The number of hydrogen-bond acceptors (Lipinski definition) is 3. The number of thiazole rings is 1. The fraction of sp³-hybridized carbons (Fsp3) is 0.444. The molecular weight excluding hydrogens is 377 g/mol. The van der Waals surface area contributed by atoms with Crippen LogP contribution in [-0.2, 0) is 11.2 Å². The lowest BCUT2D eigenvalue weighted by molar-refractivity contribution is -0.897. The maximum absolute atomic E-state index is 12.2. The van der Waals surface area contributed by atoms with E-state index in [1.54, 1.807) is 12.3 Å². The van der Waals surface area contributed by atoms with E-state index in [2.05, 4.69) is 17.2 Å². The Balaban J connectivity index is 1.54. The summed E-state index contributed by atoms with van der Waals surface area (Å²) < 4.78 is 0. The van der Waals surface area contributed by atoms with Crippen molar-refractivity contribution in [2.45, 2.75) is 26.2 Å². The standard InChI is InChI=1S/C18H21Cl2N3OS/c1-12-5-7-23(8-6-12)11-16(24)22-18-21-10-14(25-18)9-13-3-2-4-15(19)17(13)20/h2-4,10,12H,5-9,11H2,1H3,(H,21,22,24)/p+1. The van der Waals surface area contributed by atoms with Gasteiger partial charge in [-0.05, 0) is 30.4 Å². The van der Waals surface area contributed by atoms with Crippen LogP contribution in [0.1, 0.15) is 30.2 Å². The normalized spacial score (nSPS) is 20.4. The van der Waals surface area contributed by atoms with Crippen LogP contribution in [0.3, 0.4) is 0 Å². The molecule has 1 fully saturated rings. The highest BCUT2D eigenvalue weighted by Gasteiger charge is 2.21. The van der Waals surface area contributed by atoms with Crippen LogP contribution in [0.15, 0.2) is 24.4 Å². The predicted molar refractivity (Wildman–Crippen MR) is 104 cm³/mol. The summed E-state index contributed by atoms with van der Waals surface area (Å²) in [5.74, 6) is 0.817. The molecule has 7 heteroatoms. The molecule has 0 bridgehead atoms. The van der Waals surface area contributed by atoms with Gasteiger partial charge in [0, 0.05) is 17.5 Å². The molecule has 134 valence electrons. The lowest BCUT2D eigenvalue weighted by atomic mass is 9.99. The van der Waals surface area contributed by atoms with Crippen molar-refractivity contribution in [1.29, 1.82) is 0 Å². The van der Waals surface area contributed by atoms with Crippen LogP contribution in [-0.4, -0.2) is 30.5 Å². The van der Waals surface area contributed by atoms with Crippen LogP contribution >= 0.6 is 34.5 Å². The molecule has 0 atom stereocenters. The minimum atomic E-state index is 0.0336. The largest absolute Gasteiger partial charge is 0.327 e. The van der Waals surface area contributed by atoms with Gasteiger partial charge in [-0.25, -0.2) is 4.98 Å². The van der Waals surface area contributed by atoms with Crippen molar-refractivity contribution in [2.75, 3.05) is 25.0 Å². The molecule has 1 aromatic carbocycles. The van der Waals surface area contributed by atoms with E-state index in [1.165, 1.54) is 29.1 Å². The summed E-state index contributed by atoms with van der Waals surface area (Å²) in [5.41, 5.74) is 0.961. The zero-order chi connectivity index (χ0) is 17.8. The second-order valence-corrected chi connectivity index (χ2v) is 8.58. The van der Waals surface area contributed by atoms with E-state index in [0.717, 1.165) is 29.4 Å². The van der Waals surface area contributed by atoms with Crippen molar-refractivity contribution >= 4 is 45.6 Å². The number of benzene rings is 1. The number of amides is 1. The summed E-state index contributed by atoms with van der Waals surface area (Å²) >= 11 is 13.8. The number of hydrogen-bond donors (Lipinski definition) is 2. The first kappa shape index (κ1) is 18.6. The van der Waals surface area contributed by atoms with E-state index < -0.39 is 0 Å². The highest BCUT2D eigenvalue weighted by Crippen LogP contribution is 2.29. The van der Waals surface area contributed by atoms with E-state index in [4.69, 9.17) is 23.2 Å². The minimum Gasteiger partial charge on any atom is -0.327 e. The third-order valence-corrected chi connectivity index (χ3v) is 6.36. The van der Waals surface area contributed by atoms with Crippen molar-refractivity contribution in [2.24, 2.45) is 5.92 Å². The summed E-state index contributed by atoms with van der Waals surface area (Å²) in [6, 6.07) is 5.61. The second kappa shape index (κ2) is 8.49. The van der Waals surface area contributed by atoms with Crippen molar-refractivity contribution in [3.63, 3.8) is 0 Å². The molecule has 1 aliphatic rings. The van der Waals surface area contributed by atoms with Crippen molar-refractivity contribution in [1.82, 2.24) is 4.98 Å². The number of nitrogens with zero attached hydrogens (tertiary/aromatic N) is 1. The fourth-order valence-corrected chi connectivity index (χ4v) is 4.30. The molecule has 0 spiro atoms. The molecule has 2 aromatic rings. The van der Waals surface area contributed by atoms with Crippen LogP contribution in [0, 0.1) is 5.92 Å². The van der Waals surface area contributed by atoms with Gasteiger partial charge in [0.25, 0.3) is 5.91 Å². The summed E-state index contributed by atoms with van der Waals surface area (Å²) in [4.78, 5) is 18.9. The number of likely N-dealkylation sites (tertiary alicyclic amines) is 1. The van der Waals surface area contributed by atoms with Gasteiger partial charge in [0.15, 0.2) is 11.7 Å². The van der Waals surface area contributed by atoms with Gasteiger partial charge >= 0.3 is 0 Å². The molecule has 4 nitrogen and oxygen atoms in total. The van der Waals surface area contributed by atoms with E-state index in [9.17, 15) is 4.79 Å². The molecule has 0 radical (unpaired) electrons. The highest BCUT2D eigenvalue weighted by atomic mass is 35.5. The van der Waals surface area contributed by atoms with Crippen LogP contribution < -0.4 is 10.2 Å². The first-order valence-electron chi connectivity index (χ1n) is 8.52. The van der Waals surface area contributed by atoms with Crippen LogP contribution in [0.2, 0.25) is 10.0 Å². The Morgan fingerprint density at radius 2 is 2.12 bits per heavy atom. The second-order valence-electron chi connectivity index (χ2n) is 6.68.